The quantitative estimate of drug-likeness (QED) is 0.542. The van der Waals surface area contributed by atoms with Crippen molar-refractivity contribution < 1.29 is 13.2 Å². The van der Waals surface area contributed by atoms with Crippen molar-refractivity contribution in [1.82, 2.24) is 14.2 Å². The van der Waals surface area contributed by atoms with Gasteiger partial charge in [-0.3, -0.25) is 4.79 Å². The van der Waals surface area contributed by atoms with E-state index >= 15 is 0 Å². The second-order valence-electron chi connectivity index (χ2n) is 9.94. The predicted molar refractivity (Wildman–Crippen MR) is 138 cm³/mol. The average Bonchev–Trinajstić information content (AvgIpc) is 3.41. The summed E-state index contributed by atoms with van der Waals surface area (Å²) in [6, 6.07) is 11.2. The van der Waals surface area contributed by atoms with Gasteiger partial charge in [0.25, 0.3) is 0 Å². The number of benzene rings is 2. The fraction of sp³-hybridized carbons (Fsp3) is 0.444. The summed E-state index contributed by atoms with van der Waals surface area (Å²) in [5.41, 5.74) is 11.5. The van der Waals surface area contributed by atoms with E-state index in [0.717, 1.165) is 54.1 Å². The number of hydrogen-bond donors (Lipinski definition) is 2. The van der Waals surface area contributed by atoms with Gasteiger partial charge < -0.3 is 15.6 Å². The Morgan fingerprint density at radius 3 is 2.69 bits per heavy atom. The van der Waals surface area contributed by atoms with Gasteiger partial charge in [-0.1, -0.05) is 24.6 Å². The molecule has 2 unspecified atom stereocenters. The topological polar surface area (TPSA) is 97.4 Å². The lowest BCUT2D eigenvalue weighted by molar-refractivity contribution is -0.123. The van der Waals surface area contributed by atoms with Gasteiger partial charge in [-0.15, -0.1) is 0 Å². The molecule has 2 aliphatic rings. The first kappa shape index (κ1) is 24.0. The summed E-state index contributed by atoms with van der Waals surface area (Å²) < 4.78 is 29.8. The Morgan fingerprint density at radius 2 is 1.91 bits per heavy atom. The molecule has 0 radical (unpaired) electrons. The van der Waals surface area contributed by atoms with Crippen LogP contribution < -0.4 is 11.1 Å². The first-order valence-electron chi connectivity index (χ1n) is 12.5. The van der Waals surface area contributed by atoms with Gasteiger partial charge in [-0.05, 0) is 80.0 Å². The first-order valence-corrected chi connectivity index (χ1v) is 14.0. The highest BCUT2D eigenvalue weighted by Gasteiger charge is 2.27. The molecule has 8 heteroatoms. The van der Waals surface area contributed by atoms with E-state index in [4.69, 9.17) is 5.73 Å². The molecule has 5 rings (SSSR count). The van der Waals surface area contributed by atoms with Crippen LogP contribution in [0.15, 0.2) is 47.5 Å². The van der Waals surface area contributed by atoms with Crippen molar-refractivity contribution in [3.8, 4) is 0 Å². The number of nitrogens with two attached hydrogens (primary N) is 1. The fourth-order valence-corrected chi connectivity index (χ4v) is 6.96. The van der Waals surface area contributed by atoms with E-state index in [2.05, 4.69) is 17.4 Å². The van der Waals surface area contributed by atoms with E-state index in [1.54, 1.807) is 16.4 Å². The van der Waals surface area contributed by atoms with Gasteiger partial charge in [0, 0.05) is 42.8 Å². The normalized spacial score (nSPS) is 19.6. The van der Waals surface area contributed by atoms with Crippen LogP contribution in [0, 0.1) is 6.92 Å². The van der Waals surface area contributed by atoms with Gasteiger partial charge >= 0.3 is 0 Å². The number of nitrogens with one attached hydrogen (secondary N) is 1. The lowest BCUT2D eigenvalue weighted by atomic mass is 10.0. The number of aryl methyl sites for hydroxylation is 2. The summed E-state index contributed by atoms with van der Waals surface area (Å²) in [5, 5.41) is 3.92. The van der Waals surface area contributed by atoms with Crippen LogP contribution in [0.5, 0.6) is 0 Å². The number of carbonyl (C=O) groups is 1. The van der Waals surface area contributed by atoms with E-state index in [1.807, 2.05) is 36.7 Å². The number of amides is 1. The summed E-state index contributed by atoms with van der Waals surface area (Å²) in [7, 11) is -3.51. The van der Waals surface area contributed by atoms with Crippen LogP contribution in [0.3, 0.4) is 0 Å². The number of aromatic nitrogens is 1. The molecule has 0 saturated carbocycles. The molecular weight excluding hydrogens is 460 g/mol. The maximum atomic E-state index is 13.1. The van der Waals surface area contributed by atoms with Crippen molar-refractivity contribution in [2.24, 2.45) is 5.73 Å². The second-order valence-corrected chi connectivity index (χ2v) is 11.9. The molecule has 35 heavy (non-hydrogen) atoms. The van der Waals surface area contributed by atoms with Crippen LogP contribution in [0.4, 0.5) is 0 Å². The molecule has 0 spiro atoms. The summed E-state index contributed by atoms with van der Waals surface area (Å²) in [6.07, 6.45) is 6.78. The van der Waals surface area contributed by atoms with Crippen LogP contribution >= 0.6 is 0 Å². The molecule has 2 heterocycles. The number of fused-ring (bicyclic) bond motifs is 2. The van der Waals surface area contributed by atoms with Gasteiger partial charge in [0.15, 0.2) is 0 Å². The maximum absolute atomic E-state index is 13.1. The number of hydrogen-bond acceptors (Lipinski definition) is 4. The molecular formula is C27H34N4O3S. The molecule has 1 amide bonds. The van der Waals surface area contributed by atoms with Crippen molar-refractivity contribution in [1.29, 1.82) is 0 Å². The number of sulfonamides is 1. The number of carbonyl (C=O) groups excluding carboxylic acids is 1. The smallest absolute Gasteiger partial charge is 0.243 e. The van der Waals surface area contributed by atoms with E-state index in [0.29, 0.717) is 24.5 Å². The number of nitrogens with zero attached hydrogens (tertiary/aromatic N) is 2. The molecule has 7 nitrogen and oxygen atoms in total. The van der Waals surface area contributed by atoms with E-state index in [1.165, 1.54) is 11.1 Å². The van der Waals surface area contributed by atoms with Gasteiger partial charge in [0.05, 0.1) is 4.90 Å². The molecule has 0 bridgehead atoms. The van der Waals surface area contributed by atoms with Crippen LogP contribution in [-0.2, 0) is 27.8 Å². The molecule has 1 aliphatic heterocycles. The molecule has 1 aliphatic carbocycles. The Balaban J connectivity index is 1.33. The molecule has 1 fully saturated rings. The Kier molecular flexibility index (Phi) is 6.46. The second kappa shape index (κ2) is 9.41. The predicted octanol–water partition coefficient (Wildman–Crippen LogP) is 3.95. The van der Waals surface area contributed by atoms with Gasteiger partial charge in [0.2, 0.25) is 15.9 Å². The highest BCUT2D eigenvalue weighted by atomic mass is 32.2. The summed E-state index contributed by atoms with van der Waals surface area (Å²) >= 11 is 0. The Hall–Kier alpha value is -2.68. The third-order valence-corrected chi connectivity index (χ3v) is 9.45. The number of piperidine rings is 1. The fourth-order valence-electron chi connectivity index (χ4n) is 5.42. The first-order chi connectivity index (χ1) is 16.8. The zero-order valence-electron chi connectivity index (χ0n) is 20.5. The molecule has 3 N–H and O–H groups in total. The monoisotopic (exact) mass is 494 g/mol. The minimum absolute atomic E-state index is 0.0795. The highest BCUT2D eigenvalue weighted by molar-refractivity contribution is 7.89. The highest BCUT2D eigenvalue weighted by Crippen LogP contribution is 2.31. The SMILES string of the molecule is Cc1cn(C(C)C(=O)NCc2ccc3c(c2)CCC3N)c2ccc(S(=O)(=O)N3CCCCC3)cc12. The van der Waals surface area contributed by atoms with E-state index in [-0.39, 0.29) is 11.9 Å². The third kappa shape index (κ3) is 4.50. The van der Waals surface area contributed by atoms with Crippen molar-refractivity contribution in [3.05, 3.63) is 64.8 Å². The standard InChI is InChI=1S/C27H34N4O3S/c1-18-17-31(19(2)27(32)29-16-20-6-9-23-21(14-20)7-10-25(23)28)26-11-8-22(15-24(18)26)35(33,34)30-12-4-3-5-13-30/h6,8-9,11,14-15,17,19,25H,3-5,7,10,12-13,16,28H2,1-2H3,(H,29,32). The van der Waals surface area contributed by atoms with Crippen molar-refractivity contribution in [3.63, 3.8) is 0 Å². The molecule has 1 saturated heterocycles. The van der Waals surface area contributed by atoms with Crippen LogP contribution in [0.25, 0.3) is 10.9 Å². The average molecular weight is 495 g/mol. The van der Waals surface area contributed by atoms with Crippen molar-refractivity contribution in [2.45, 2.75) is 69.5 Å². The number of rotatable bonds is 6. The lowest BCUT2D eigenvalue weighted by Crippen LogP contribution is -2.35. The summed E-state index contributed by atoms with van der Waals surface area (Å²) in [4.78, 5) is 13.4. The molecule has 2 aromatic carbocycles. The van der Waals surface area contributed by atoms with Crippen LogP contribution in [0.2, 0.25) is 0 Å². The van der Waals surface area contributed by atoms with Crippen LogP contribution in [-0.4, -0.2) is 36.3 Å². The van der Waals surface area contributed by atoms with Gasteiger partial charge in [-0.2, -0.15) is 4.31 Å². The summed E-state index contributed by atoms with van der Waals surface area (Å²) in [5.74, 6) is -0.0795. The van der Waals surface area contributed by atoms with Gasteiger partial charge in [-0.25, -0.2) is 8.42 Å². The minimum Gasteiger partial charge on any atom is -0.350 e. The Morgan fingerprint density at radius 1 is 1.14 bits per heavy atom. The third-order valence-electron chi connectivity index (χ3n) is 7.55. The summed E-state index contributed by atoms with van der Waals surface area (Å²) in [6.45, 7) is 5.44. The largest absolute Gasteiger partial charge is 0.350 e. The zero-order chi connectivity index (χ0) is 24.7. The van der Waals surface area contributed by atoms with Crippen LogP contribution in [0.1, 0.15) is 66.9 Å². The van der Waals surface area contributed by atoms with Crippen molar-refractivity contribution in [2.75, 3.05) is 13.1 Å². The minimum atomic E-state index is -3.51. The Bertz CT molecular complexity index is 1370. The van der Waals surface area contributed by atoms with Crippen molar-refractivity contribution >= 4 is 26.8 Å². The maximum Gasteiger partial charge on any atom is 0.243 e. The zero-order valence-corrected chi connectivity index (χ0v) is 21.3. The Labute approximate surface area is 207 Å². The van der Waals surface area contributed by atoms with E-state index in [9.17, 15) is 13.2 Å². The molecule has 3 aromatic rings. The molecule has 2 atom stereocenters. The lowest BCUT2D eigenvalue weighted by Gasteiger charge is -2.26. The van der Waals surface area contributed by atoms with E-state index < -0.39 is 16.1 Å². The molecule has 186 valence electrons. The van der Waals surface area contributed by atoms with Gasteiger partial charge in [0.1, 0.15) is 6.04 Å². The molecule has 1 aromatic heterocycles.